The second kappa shape index (κ2) is 24.2. The maximum absolute atomic E-state index is 12.9. The van der Waals surface area contributed by atoms with Gasteiger partial charge < -0.3 is 23.7 Å². The number of rotatable bonds is 26. The summed E-state index contributed by atoms with van der Waals surface area (Å²) in [7, 11) is 0. The number of aryl methyl sites for hydroxylation is 1. The Morgan fingerprint density at radius 1 is 0.565 bits per heavy atom. The number of carbonyl (C=O) groups is 3. The molecule has 0 unspecified atom stereocenters. The zero-order valence-electron chi connectivity index (χ0n) is 27.6. The van der Waals surface area contributed by atoms with Gasteiger partial charge in [-0.1, -0.05) is 102 Å². The van der Waals surface area contributed by atoms with Gasteiger partial charge in [-0.05, 0) is 56.4 Å². The molecule has 0 bridgehead atoms. The smallest absolute Gasteiger partial charge is 0.343 e. The Bertz CT molecular complexity index is 1190. The van der Waals surface area contributed by atoms with E-state index in [4.69, 9.17) is 23.7 Å². The highest BCUT2D eigenvalue weighted by molar-refractivity contribution is 5.91. The highest BCUT2D eigenvalue weighted by Gasteiger charge is 2.20. The van der Waals surface area contributed by atoms with Crippen molar-refractivity contribution in [3.63, 3.8) is 0 Å². The fourth-order valence-electron chi connectivity index (χ4n) is 4.74. The standard InChI is InChI=1S/C38H52O8/c1-4-34(39)43-28-20-13-9-6-8-12-19-27-42-33-26-25-31(3)36(46-38(41)32-23-17-16-18-24-32)37(33)45-30-22-15-11-7-10-14-21-29-44-35(40)5-2/h4-5,16-18,23-26H,1-2,6-15,19-22,27-30H2,3H3. The molecule has 0 saturated heterocycles. The quantitative estimate of drug-likeness (QED) is 0.0437. The summed E-state index contributed by atoms with van der Waals surface area (Å²) in [4.78, 5) is 35.1. The first-order chi connectivity index (χ1) is 22.5. The third-order valence-corrected chi connectivity index (χ3v) is 7.38. The summed E-state index contributed by atoms with van der Waals surface area (Å²) in [5.74, 6) is 0.258. The molecule has 8 nitrogen and oxygen atoms in total. The molecule has 2 aromatic rings. The zero-order chi connectivity index (χ0) is 33.2. The van der Waals surface area contributed by atoms with E-state index in [1.54, 1.807) is 24.3 Å². The molecule has 0 atom stereocenters. The van der Waals surface area contributed by atoms with E-state index in [-0.39, 0.29) is 11.9 Å². The van der Waals surface area contributed by atoms with Gasteiger partial charge in [-0.25, -0.2) is 14.4 Å². The number of ether oxygens (including phenoxy) is 5. The Hall–Kier alpha value is -4.07. The van der Waals surface area contributed by atoms with Gasteiger partial charge in [0, 0.05) is 12.2 Å². The van der Waals surface area contributed by atoms with Crippen LogP contribution in [-0.4, -0.2) is 44.3 Å². The lowest BCUT2D eigenvalue weighted by molar-refractivity contribution is -0.138. The topological polar surface area (TPSA) is 97.4 Å². The van der Waals surface area contributed by atoms with Crippen molar-refractivity contribution in [1.82, 2.24) is 0 Å². The van der Waals surface area contributed by atoms with Crippen LogP contribution in [0.5, 0.6) is 17.2 Å². The van der Waals surface area contributed by atoms with Crippen LogP contribution in [0.4, 0.5) is 0 Å². The van der Waals surface area contributed by atoms with Gasteiger partial charge in [0.25, 0.3) is 0 Å². The minimum atomic E-state index is -0.441. The van der Waals surface area contributed by atoms with Gasteiger partial charge in [0.1, 0.15) is 0 Å². The lowest BCUT2D eigenvalue weighted by Gasteiger charge is -2.18. The van der Waals surface area contributed by atoms with Crippen LogP contribution >= 0.6 is 0 Å². The van der Waals surface area contributed by atoms with Crippen LogP contribution in [0, 0.1) is 6.92 Å². The molecule has 0 aromatic heterocycles. The van der Waals surface area contributed by atoms with Crippen molar-refractivity contribution in [2.75, 3.05) is 26.4 Å². The molecule has 0 amide bonds. The fourth-order valence-corrected chi connectivity index (χ4v) is 4.74. The van der Waals surface area contributed by atoms with Crippen molar-refractivity contribution in [3.05, 3.63) is 78.9 Å². The third-order valence-electron chi connectivity index (χ3n) is 7.38. The van der Waals surface area contributed by atoms with E-state index in [2.05, 4.69) is 13.2 Å². The van der Waals surface area contributed by atoms with E-state index in [9.17, 15) is 14.4 Å². The second-order valence-corrected chi connectivity index (χ2v) is 11.2. The maximum Gasteiger partial charge on any atom is 0.343 e. The van der Waals surface area contributed by atoms with Crippen molar-refractivity contribution in [2.24, 2.45) is 0 Å². The Morgan fingerprint density at radius 3 is 1.52 bits per heavy atom. The summed E-state index contributed by atoms with van der Waals surface area (Å²) in [5, 5.41) is 0. The number of hydrogen-bond acceptors (Lipinski definition) is 8. The minimum absolute atomic E-state index is 0.367. The summed E-state index contributed by atoms with van der Waals surface area (Å²) in [5.41, 5.74) is 1.26. The number of carbonyl (C=O) groups excluding carboxylic acids is 3. The number of hydrogen-bond donors (Lipinski definition) is 0. The van der Waals surface area contributed by atoms with Gasteiger partial charge >= 0.3 is 17.9 Å². The summed E-state index contributed by atoms with van der Waals surface area (Å²) >= 11 is 0. The predicted molar refractivity (Wildman–Crippen MR) is 181 cm³/mol. The van der Waals surface area contributed by atoms with Gasteiger partial charge in [0.2, 0.25) is 5.75 Å². The molecule has 46 heavy (non-hydrogen) atoms. The monoisotopic (exact) mass is 636 g/mol. The van der Waals surface area contributed by atoms with Crippen LogP contribution in [0.1, 0.15) is 106 Å². The van der Waals surface area contributed by atoms with Crippen molar-refractivity contribution >= 4 is 17.9 Å². The fraction of sp³-hybridized carbons (Fsp3) is 0.500. The van der Waals surface area contributed by atoms with Crippen LogP contribution in [0.15, 0.2) is 67.8 Å². The van der Waals surface area contributed by atoms with Gasteiger partial charge in [0.15, 0.2) is 11.5 Å². The first kappa shape index (κ1) is 38.1. The molecular weight excluding hydrogens is 584 g/mol. The van der Waals surface area contributed by atoms with Crippen molar-refractivity contribution in [1.29, 1.82) is 0 Å². The van der Waals surface area contributed by atoms with Crippen LogP contribution in [0.2, 0.25) is 0 Å². The summed E-state index contributed by atoms with van der Waals surface area (Å²) < 4.78 is 28.3. The Morgan fingerprint density at radius 2 is 1.02 bits per heavy atom. The minimum Gasteiger partial charge on any atom is -0.490 e. The Kier molecular flexibility index (Phi) is 20.1. The molecule has 0 heterocycles. The summed E-state index contributed by atoms with van der Waals surface area (Å²) in [6.07, 6.45) is 16.6. The van der Waals surface area contributed by atoms with Gasteiger partial charge in [-0.2, -0.15) is 0 Å². The van der Waals surface area contributed by atoms with Crippen LogP contribution < -0.4 is 14.2 Å². The van der Waals surface area contributed by atoms with E-state index >= 15 is 0 Å². The second-order valence-electron chi connectivity index (χ2n) is 11.2. The molecule has 0 radical (unpaired) electrons. The van der Waals surface area contributed by atoms with E-state index in [1.807, 2.05) is 25.1 Å². The molecule has 0 aliphatic rings. The molecule has 0 fully saturated rings. The summed E-state index contributed by atoms with van der Waals surface area (Å²) in [6, 6.07) is 12.7. The maximum atomic E-state index is 12.9. The molecule has 8 heteroatoms. The highest BCUT2D eigenvalue weighted by Crippen LogP contribution is 2.41. The van der Waals surface area contributed by atoms with Crippen molar-refractivity contribution < 1.29 is 38.1 Å². The molecule has 0 N–H and O–H groups in total. The van der Waals surface area contributed by atoms with E-state index in [0.29, 0.717) is 49.2 Å². The largest absolute Gasteiger partial charge is 0.490 e. The SMILES string of the molecule is C=CC(=O)OCCCCCCCCCOc1ccc(C)c(OC(=O)c2ccccc2)c1OCCCCCCCCCOC(=O)C=C. The first-order valence-corrected chi connectivity index (χ1v) is 16.7. The van der Waals surface area contributed by atoms with Crippen LogP contribution in [0.3, 0.4) is 0 Å². The van der Waals surface area contributed by atoms with Gasteiger partial charge in [0.05, 0.1) is 32.0 Å². The highest BCUT2D eigenvalue weighted by atomic mass is 16.6. The molecule has 0 aliphatic carbocycles. The molecule has 2 rings (SSSR count). The average molecular weight is 637 g/mol. The van der Waals surface area contributed by atoms with Crippen molar-refractivity contribution in [2.45, 2.75) is 96.8 Å². The lowest BCUT2D eigenvalue weighted by atomic mass is 10.1. The molecule has 0 spiro atoms. The number of esters is 3. The van der Waals surface area contributed by atoms with Crippen LogP contribution in [0.25, 0.3) is 0 Å². The number of unbranched alkanes of at least 4 members (excludes halogenated alkanes) is 12. The van der Waals surface area contributed by atoms with Crippen molar-refractivity contribution in [3.8, 4) is 17.2 Å². The Labute approximate surface area is 275 Å². The zero-order valence-corrected chi connectivity index (χ0v) is 27.6. The number of benzene rings is 2. The normalized spacial score (nSPS) is 10.5. The molecule has 0 saturated carbocycles. The average Bonchev–Trinajstić information content (AvgIpc) is 3.07. The molecule has 0 aliphatic heterocycles. The van der Waals surface area contributed by atoms with Gasteiger partial charge in [-0.3, -0.25) is 0 Å². The van der Waals surface area contributed by atoms with E-state index < -0.39 is 5.97 Å². The van der Waals surface area contributed by atoms with Gasteiger partial charge in [-0.15, -0.1) is 0 Å². The lowest BCUT2D eigenvalue weighted by Crippen LogP contribution is -2.12. The first-order valence-electron chi connectivity index (χ1n) is 16.7. The molecule has 252 valence electrons. The summed E-state index contributed by atoms with van der Waals surface area (Å²) in [6.45, 7) is 10.6. The molecular formula is C38H52O8. The molecule has 2 aromatic carbocycles. The predicted octanol–water partition coefficient (Wildman–Crippen LogP) is 8.89. The Balaban J connectivity index is 1.81. The third kappa shape index (κ3) is 16.3. The van der Waals surface area contributed by atoms with E-state index in [1.165, 1.54) is 12.2 Å². The van der Waals surface area contributed by atoms with Crippen LogP contribution in [-0.2, 0) is 19.1 Å². The van der Waals surface area contributed by atoms with E-state index in [0.717, 1.165) is 95.5 Å².